The average molecular weight is 334 g/mol. The summed E-state index contributed by atoms with van der Waals surface area (Å²) < 4.78 is 0. The standard InChI is InChI=1S/C19H22N6/c1-12-7-8-15(11-13(12)2)22-18-16-17(21-10-9-20-16)24-19(25-18)23-14-5-3-4-6-14/h7-11,14H,3-6H2,1-2H3,(H2,21,22,23,24,25). The molecule has 3 aromatic rings. The number of aryl methyl sites for hydroxylation is 2. The van der Waals surface area contributed by atoms with E-state index >= 15 is 0 Å². The molecule has 1 aliphatic rings. The first-order valence-electron chi connectivity index (χ1n) is 8.78. The topological polar surface area (TPSA) is 75.6 Å². The summed E-state index contributed by atoms with van der Waals surface area (Å²) >= 11 is 0. The van der Waals surface area contributed by atoms with E-state index in [1.807, 2.05) is 0 Å². The Morgan fingerprint density at radius 1 is 0.960 bits per heavy atom. The van der Waals surface area contributed by atoms with Crippen LogP contribution < -0.4 is 10.6 Å². The summed E-state index contributed by atoms with van der Waals surface area (Å²) in [6.45, 7) is 4.21. The third kappa shape index (κ3) is 3.38. The van der Waals surface area contributed by atoms with Crippen LogP contribution in [0.3, 0.4) is 0 Å². The highest BCUT2D eigenvalue weighted by Crippen LogP contribution is 2.26. The van der Waals surface area contributed by atoms with Crippen LogP contribution in [0.2, 0.25) is 0 Å². The second-order valence-electron chi connectivity index (χ2n) is 6.67. The number of benzene rings is 1. The van der Waals surface area contributed by atoms with Crippen LogP contribution in [0, 0.1) is 13.8 Å². The number of hydrogen-bond donors (Lipinski definition) is 2. The molecule has 0 saturated heterocycles. The smallest absolute Gasteiger partial charge is 0.227 e. The quantitative estimate of drug-likeness (QED) is 0.747. The highest BCUT2D eigenvalue weighted by atomic mass is 15.2. The lowest BCUT2D eigenvalue weighted by atomic mass is 10.1. The molecule has 2 aromatic heterocycles. The maximum Gasteiger partial charge on any atom is 0.227 e. The average Bonchev–Trinajstić information content (AvgIpc) is 3.11. The molecule has 2 heterocycles. The van der Waals surface area contributed by atoms with Crippen LogP contribution in [-0.4, -0.2) is 26.0 Å². The Bertz CT molecular complexity index is 902. The molecule has 1 saturated carbocycles. The summed E-state index contributed by atoms with van der Waals surface area (Å²) in [5.41, 5.74) is 4.77. The monoisotopic (exact) mass is 334 g/mol. The molecule has 0 aliphatic heterocycles. The molecule has 1 aliphatic carbocycles. The highest BCUT2D eigenvalue weighted by molar-refractivity contribution is 5.85. The number of aromatic nitrogens is 4. The molecular formula is C19H22N6. The van der Waals surface area contributed by atoms with Crippen molar-refractivity contribution in [2.45, 2.75) is 45.6 Å². The van der Waals surface area contributed by atoms with Gasteiger partial charge in [-0.1, -0.05) is 18.9 Å². The lowest BCUT2D eigenvalue weighted by Crippen LogP contribution is -2.17. The fraction of sp³-hybridized carbons (Fsp3) is 0.368. The largest absolute Gasteiger partial charge is 0.351 e. The Morgan fingerprint density at radius 2 is 1.76 bits per heavy atom. The van der Waals surface area contributed by atoms with Gasteiger partial charge in [0.1, 0.15) is 0 Å². The molecular weight excluding hydrogens is 312 g/mol. The molecule has 0 bridgehead atoms. The molecule has 0 spiro atoms. The molecule has 4 rings (SSSR count). The van der Waals surface area contributed by atoms with Gasteiger partial charge in [0.2, 0.25) is 5.95 Å². The third-order valence-electron chi connectivity index (χ3n) is 4.79. The number of nitrogens with zero attached hydrogens (tertiary/aromatic N) is 4. The van der Waals surface area contributed by atoms with Crippen molar-refractivity contribution < 1.29 is 0 Å². The van der Waals surface area contributed by atoms with Crippen LogP contribution in [-0.2, 0) is 0 Å². The van der Waals surface area contributed by atoms with Gasteiger partial charge in [0.15, 0.2) is 17.0 Å². The highest BCUT2D eigenvalue weighted by Gasteiger charge is 2.17. The Balaban J connectivity index is 1.70. The zero-order chi connectivity index (χ0) is 17.2. The van der Waals surface area contributed by atoms with Crippen molar-refractivity contribution in [1.82, 2.24) is 19.9 Å². The fourth-order valence-electron chi connectivity index (χ4n) is 3.22. The van der Waals surface area contributed by atoms with Gasteiger partial charge in [-0.3, -0.25) is 0 Å². The fourth-order valence-corrected chi connectivity index (χ4v) is 3.22. The van der Waals surface area contributed by atoms with E-state index in [2.05, 4.69) is 62.6 Å². The third-order valence-corrected chi connectivity index (χ3v) is 4.79. The summed E-state index contributed by atoms with van der Waals surface area (Å²) in [4.78, 5) is 18.0. The molecule has 25 heavy (non-hydrogen) atoms. The van der Waals surface area contributed by atoms with Crippen molar-refractivity contribution in [3.8, 4) is 0 Å². The van der Waals surface area contributed by atoms with Crippen LogP contribution in [0.1, 0.15) is 36.8 Å². The van der Waals surface area contributed by atoms with E-state index in [0.717, 1.165) is 5.69 Å². The van der Waals surface area contributed by atoms with Gasteiger partial charge in [-0.2, -0.15) is 9.97 Å². The van der Waals surface area contributed by atoms with Gasteiger partial charge >= 0.3 is 0 Å². The number of nitrogens with one attached hydrogen (secondary N) is 2. The second-order valence-corrected chi connectivity index (χ2v) is 6.67. The molecule has 6 heteroatoms. The van der Waals surface area contributed by atoms with Crippen molar-refractivity contribution >= 4 is 28.6 Å². The molecule has 0 amide bonds. The van der Waals surface area contributed by atoms with E-state index in [0.29, 0.717) is 29.0 Å². The second kappa shape index (κ2) is 6.63. The first-order chi connectivity index (χ1) is 12.2. The first kappa shape index (κ1) is 15.7. The van der Waals surface area contributed by atoms with Crippen molar-refractivity contribution in [3.63, 3.8) is 0 Å². The van der Waals surface area contributed by atoms with E-state index in [1.54, 1.807) is 12.4 Å². The SMILES string of the molecule is Cc1ccc(Nc2nc(NC3CCCC3)nc3nccnc23)cc1C. The Labute approximate surface area is 147 Å². The molecule has 6 nitrogen and oxygen atoms in total. The minimum absolute atomic E-state index is 0.448. The van der Waals surface area contributed by atoms with E-state index in [1.165, 1.54) is 36.8 Å². The minimum atomic E-state index is 0.448. The molecule has 0 atom stereocenters. The molecule has 2 N–H and O–H groups in total. The van der Waals surface area contributed by atoms with Crippen molar-refractivity contribution in [1.29, 1.82) is 0 Å². The van der Waals surface area contributed by atoms with Crippen molar-refractivity contribution in [2.24, 2.45) is 0 Å². The van der Waals surface area contributed by atoms with Crippen LogP contribution in [0.4, 0.5) is 17.5 Å². The molecule has 1 aromatic carbocycles. The maximum absolute atomic E-state index is 4.68. The lowest BCUT2D eigenvalue weighted by Gasteiger charge is -2.14. The summed E-state index contributed by atoms with van der Waals surface area (Å²) in [5, 5.41) is 6.84. The van der Waals surface area contributed by atoms with E-state index in [-0.39, 0.29) is 0 Å². The Morgan fingerprint density at radius 3 is 2.56 bits per heavy atom. The molecule has 128 valence electrons. The van der Waals surface area contributed by atoms with E-state index in [4.69, 9.17) is 0 Å². The van der Waals surface area contributed by atoms with Gasteiger partial charge in [0, 0.05) is 24.1 Å². The Kier molecular flexibility index (Phi) is 4.17. The lowest BCUT2D eigenvalue weighted by molar-refractivity contribution is 0.745. The van der Waals surface area contributed by atoms with E-state index < -0.39 is 0 Å². The summed E-state index contributed by atoms with van der Waals surface area (Å²) in [6.07, 6.45) is 8.19. The van der Waals surface area contributed by atoms with Gasteiger partial charge in [-0.15, -0.1) is 0 Å². The maximum atomic E-state index is 4.68. The summed E-state index contributed by atoms with van der Waals surface area (Å²) in [5.74, 6) is 1.30. The van der Waals surface area contributed by atoms with Crippen LogP contribution in [0.25, 0.3) is 11.2 Å². The zero-order valence-corrected chi connectivity index (χ0v) is 14.6. The van der Waals surface area contributed by atoms with E-state index in [9.17, 15) is 0 Å². The predicted octanol–water partition coefficient (Wildman–Crippen LogP) is 4.13. The van der Waals surface area contributed by atoms with Crippen LogP contribution in [0.15, 0.2) is 30.6 Å². The predicted molar refractivity (Wildman–Crippen MR) is 100 cm³/mol. The number of hydrogen-bond acceptors (Lipinski definition) is 6. The Hall–Kier alpha value is -2.76. The van der Waals surface area contributed by atoms with Gasteiger partial charge in [0.05, 0.1) is 0 Å². The van der Waals surface area contributed by atoms with Crippen molar-refractivity contribution in [2.75, 3.05) is 10.6 Å². The van der Waals surface area contributed by atoms with Crippen LogP contribution >= 0.6 is 0 Å². The van der Waals surface area contributed by atoms with Crippen LogP contribution in [0.5, 0.6) is 0 Å². The number of anilines is 3. The molecule has 0 unspecified atom stereocenters. The molecule has 1 fully saturated rings. The van der Waals surface area contributed by atoms with Gasteiger partial charge < -0.3 is 10.6 Å². The normalized spacial score (nSPS) is 14.8. The number of rotatable bonds is 4. The van der Waals surface area contributed by atoms with Gasteiger partial charge in [0.25, 0.3) is 0 Å². The van der Waals surface area contributed by atoms with Gasteiger partial charge in [-0.25, -0.2) is 9.97 Å². The van der Waals surface area contributed by atoms with Gasteiger partial charge in [-0.05, 0) is 49.9 Å². The minimum Gasteiger partial charge on any atom is -0.351 e. The molecule has 0 radical (unpaired) electrons. The summed E-state index contributed by atoms with van der Waals surface area (Å²) in [6, 6.07) is 6.72. The summed E-state index contributed by atoms with van der Waals surface area (Å²) in [7, 11) is 0. The van der Waals surface area contributed by atoms with Crippen molar-refractivity contribution in [3.05, 3.63) is 41.7 Å². The zero-order valence-electron chi connectivity index (χ0n) is 14.6. The first-order valence-corrected chi connectivity index (χ1v) is 8.78. The number of fused-ring (bicyclic) bond motifs is 1.